The Kier molecular flexibility index (Phi) is 4.49. The van der Waals surface area contributed by atoms with Gasteiger partial charge >= 0.3 is 0 Å². The summed E-state index contributed by atoms with van der Waals surface area (Å²) in [4.78, 5) is 3.56. The van der Waals surface area contributed by atoms with Gasteiger partial charge in [0.25, 0.3) is 10.0 Å². The predicted molar refractivity (Wildman–Crippen MR) is 67.3 cm³/mol. The molecule has 2 N–H and O–H groups in total. The maximum Gasteiger partial charge on any atom is 0.261 e. The molecule has 1 aromatic rings. The molecule has 1 fully saturated rings. The normalized spacial score (nSPS) is 24.3. The van der Waals surface area contributed by atoms with E-state index in [1.165, 1.54) is 12.3 Å². The number of nitrogens with one attached hydrogen (secondary N) is 1. The number of sulfonamides is 1. The first-order chi connectivity index (χ1) is 8.99. The van der Waals surface area contributed by atoms with Crippen LogP contribution in [0.25, 0.3) is 0 Å². The van der Waals surface area contributed by atoms with Crippen molar-refractivity contribution in [1.29, 1.82) is 0 Å². The van der Waals surface area contributed by atoms with Crippen molar-refractivity contribution in [3.63, 3.8) is 0 Å². The van der Waals surface area contributed by atoms with Crippen LogP contribution in [0.4, 0.5) is 4.39 Å². The number of hydrogen-bond acceptors (Lipinski definition) is 4. The Hall–Kier alpha value is -1.05. The maximum atomic E-state index is 13.4. The molecule has 0 unspecified atom stereocenters. The number of halogens is 1. The van der Waals surface area contributed by atoms with E-state index in [1.54, 1.807) is 0 Å². The summed E-state index contributed by atoms with van der Waals surface area (Å²) in [5.41, 5.74) is 0. The molecule has 1 aliphatic carbocycles. The number of pyridine rings is 1. The summed E-state index contributed by atoms with van der Waals surface area (Å²) >= 11 is 0. The van der Waals surface area contributed by atoms with E-state index in [9.17, 15) is 17.9 Å². The van der Waals surface area contributed by atoms with Crippen molar-refractivity contribution < 1.29 is 17.9 Å². The molecule has 5 nitrogen and oxygen atoms in total. The lowest BCUT2D eigenvalue weighted by atomic mass is 9.88. The average Bonchev–Trinajstić information content (AvgIpc) is 2.38. The van der Waals surface area contributed by atoms with E-state index in [0.29, 0.717) is 12.8 Å². The van der Waals surface area contributed by atoms with Gasteiger partial charge in [-0.2, -0.15) is 0 Å². The summed E-state index contributed by atoms with van der Waals surface area (Å²) in [5.74, 6) is -0.668. The summed E-state index contributed by atoms with van der Waals surface area (Å²) in [6, 6.07) is 2.41. The van der Waals surface area contributed by atoms with Crippen LogP contribution in [0.2, 0.25) is 0 Å². The number of aliphatic hydroxyl groups excluding tert-OH is 1. The summed E-state index contributed by atoms with van der Waals surface area (Å²) < 4.78 is 39.6. The Morgan fingerprint density at radius 1 is 1.37 bits per heavy atom. The first-order valence-corrected chi connectivity index (χ1v) is 7.75. The SMILES string of the molecule is O=S(=O)(NCC1CCC(O)CC1)c1ncccc1F. The van der Waals surface area contributed by atoms with E-state index in [-0.39, 0.29) is 18.6 Å². The van der Waals surface area contributed by atoms with Crippen molar-refractivity contribution in [2.45, 2.75) is 36.8 Å². The van der Waals surface area contributed by atoms with E-state index < -0.39 is 20.9 Å². The molecule has 1 saturated carbocycles. The molecule has 1 heterocycles. The van der Waals surface area contributed by atoms with E-state index in [0.717, 1.165) is 18.9 Å². The highest BCUT2D eigenvalue weighted by molar-refractivity contribution is 7.89. The molecule has 0 aliphatic heterocycles. The van der Waals surface area contributed by atoms with Crippen LogP contribution in [0.15, 0.2) is 23.4 Å². The monoisotopic (exact) mass is 288 g/mol. The minimum absolute atomic E-state index is 0.185. The van der Waals surface area contributed by atoms with Crippen LogP contribution in [0.1, 0.15) is 25.7 Å². The molecule has 0 amide bonds. The second kappa shape index (κ2) is 5.94. The van der Waals surface area contributed by atoms with Crippen molar-refractivity contribution in [2.24, 2.45) is 5.92 Å². The summed E-state index contributed by atoms with van der Waals surface area (Å²) in [6.07, 6.45) is 3.88. The van der Waals surface area contributed by atoms with Gasteiger partial charge in [0.1, 0.15) is 0 Å². The Labute approximate surface area is 111 Å². The molecule has 0 atom stereocenters. The highest BCUT2D eigenvalue weighted by Gasteiger charge is 2.24. The molecule has 1 aliphatic rings. The molecule has 0 aromatic carbocycles. The standard InChI is InChI=1S/C12H17FN2O3S/c13-11-2-1-7-14-12(11)19(17,18)15-8-9-3-5-10(16)6-4-9/h1-2,7,9-10,15-16H,3-6,8H2. The molecular weight excluding hydrogens is 271 g/mol. The van der Waals surface area contributed by atoms with Gasteiger partial charge in [-0.1, -0.05) is 0 Å². The fourth-order valence-electron chi connectivity index (χ4n) is 2.21. The Morgan fingerprint density at radius 3 is 2.68 bits per heavy atom. The second-order valence-corrected chi connectivity index (χ2v) is 6.50. The van der Waals surface area contributed by atoms with Gasteiger partial charge < -0.3 is 5.11 Å². The quantitative estimate of drug-likeness (QED) is 0.868. The van der Waals surface area contributed by atoms with Crippen molar-refractivity contribution in [1.82, 2.24) is 9.71 Å². The minimum Gasteiger partial charge on any atom is -0.393 e. The van der Waals surface area contributed by atoms with Gasteiger partial charge in [0.05, 0.1) is 6.10 Å². The van der Waals surface area contributed by atoms with Crippen LogP contribution >= 0.6 is 0 Å². The van der Waals surface area contributed by atoms with Crippen LogP contribution < -0.4 is 4.72 Å². The number of rotatable bonds is 4. The lowest BCUT2D eigenvalue weighted by molar-refractivity contribution is 0.109. The topological polar surface area (TPSA) is 79.3 Å². The van der Waals surface area contributed by atoms with Crippen molar-refractivity contribution in [3.8, 4) is 0 Å². The fourth-order valence-corrected chi connectivity index (χ4v) is 3.33. The average molecular weight is 288 g/mol. The van der Waals surface area contributed by atoms with Gasteiger partial charge in [-0.3, -0.25) is 0 Å². The Morgan fingerprint density at radius 2 is 2.05 bits per heavy atom. The number of nitrogens with zero attached hydrogens (tertiary/aromatic N) is 1. The summed E-state index contributed by atoms with van der Waals surface area (Å²) in [5, 5.41) is 8.81. The smallest absolute Gasteiger partial charge is 0.261 e. The third-order valence-corrected chi connectivity index (χ3v) is 4.71. The zero-order chi connectivity index (χ0) is 13.9. The van der Waals surface area contributed by atoms with Crippen LogP contribution in [0.3, 0.4) is 0 Å². The maximum absolute atomic E-state index is 13.4. The zero-order valence-corrected chi connectivity index (χ0v) is 11.2. The van der Waals surface area contributed by atoms with Crippen LogP contribution in [-0.2, 0) is 10.0 Å². The summed E-state index contributed by atoms with van der Waals surface area (Å²) in [6.45, 7) is 0.255. The summed E-state index contributed by atoms with van der Waals surface area (Å²) in [7, 11) is -3.90. The molecular formula is C12H17FN2O3S. The molecule has 7 heteroatoms. The van der Waals surface area contributed by atoms with Gasteiger partial charge in [-0.05, 0) is 43.7 Å². The molecule has 0 spiro atoms. The second-order valence-electron chi connectivity index (χ2n) is 4.82. The molecule has 1 aromatic heterocycles. The van der Waals surface area contributed by atoms with Gasteiger partial charge in [-0.25, -0.2) is 22.5 Å². The number of aliphatic hydroxyl groups is 1. The molecule has 0 saturated heterocycles. The van der Waals surface area contributed by atoms with Crippen LogP contribution in [0.5, 0.6) is 0 Å². The molecule has 106 valence electrons. The van der Waals surface area contributed by atoms with Crippen molar-refractivity contribution in [2.75, 3.05) is 6.54 Å². The van der Waals surface area contributed by atoms with Gasteiger partial charge in [0, 0.05) is 12.7 Å². The lowest BCUT2D eigenvalue weighted by Gasteiger charge is -2.25. The third-order valence-electron chi connectivity index (χ3n) is 3.36. The van der Waals surface area contributed by atoms with Crippen LogP contribution in [0, 0.1) is 11.7 Å². The highest BCUT2D eigenvalue weighted by Crippen LogP contribution is 2.24. The first kappa shape index (κ1) is 14.4. The molecule has 0 radical (unpaired) electrons. The van der Waals surface area contributed by atoms with Crippen molar-refractivity contribution in [3.05, 3.63) is 24.1 Å². The van der Waals surface area contributed by atoms with Gasteiger partial charge in [0.2, 0.25) is 5.03 Å². The van der Waals surface area contributed by atoms with E-state index in [4.69, 9.17) is 0 Å². The predicted octanol–water partition coefficient (Wildman–Crippen LogP) is 1.05. The number of aromatic nitrogens is 1. The molecule has 0 bridgehead atoms. The lowest BCUT2D eigenvalue weighted by Crippen LogP contribution is -2.33. The van der Waals surface area contributed by atoms with Gasteiger partial charge in [0.15, 0.2) is 5.82 Å². The van der Waals surface area contributed by atoms with Gasteiger partial charge in [-0.15, -0.1) is 0 Å². The van der Waals surface area contributed by atoms with Crippen molar-refractivity contribution >= 4 is 10.0 Å². The highest BCUT2D eigenvalue weighted by atomic mass is 32.2. The Balaban J connectivity index is 1.97. The number of hydrogen-bond donors (Lipinski definition) is 2. The fraction of sp³-hybridized carbons (Fsp3) is 0.583. The van der Waals surface area contributed by atoms with E-state index >= 15 is 0 Å². The van der Waals surface area contributed by atoms with E-state index in [1.807, 2.05) is 0 Å². The molecule has 2 rings (SSSR count). The largest absolute Gasteiger partial charge is 0.393 e. The van der Waals surface area contributed by atoms with Crippen LogP contribution in [-0.4, -0.2) is 31.2 Å². The minimum atomic E-state index is -3.90. The van der Waals surface area contributed by atoms with E-state index in [2.05, 4.69) is 9.71 Å². The molecule has 19 heavy (non-hydrogen) atoms. The Bertz CT molecular complexity index is 528. The first-order valence-electron chi connectivity index (χ1n) is 6.27. The zero-order valence-electron chi connectivity index (χ0n) is 10.4. The third kappa shape index (κ3) is 3.71.